The van der Waals surface area contributed by atoms with Crippen LogP contribution < -0.4 is 5.32 Å². The van der Waals surface area contributed by atoms with E-state index in [4.69, 9.17) is 0 Å². The number of thioether (sulfide) groups is 1. The van der Waals surface area contributed by atoms with E-state index in [1.807, 2.05) is 30.3 Å². The quantitative estimate of drug-likeness (QED) is 0.471. The van der Waals surface area contributed by atoms with Crippen molar-refractivity contribution in [2.75, 3.05) is 5.32 Å². The van der Waals surface area contributed by atoms with Gasteiger partial charge in [0.2, 0.25) is 5.13 Å². The Morgan fingerprint density at radius 1 is 1.00 bits per heavy atom. The Kier molecular flexibility index (Phi) is 4.46. The van der Waals surface area contributed by atoms with Crippen molar-refractivity contribution in [1.29, 1.82) is 0 Å². The Morgan fingerprint density at radius 3 is 2.71 bits per heavy atom. The second kappa shape index (κ2) is 6.88. The zero-order valence-corrected chi connectivity index (χ0v) is 15.3. The number of nitrogens with one attached hydrogen (secondary N) is 1. The largest absolute Gasteiger partial charge is 0.330 e. The normalized spacial score (nSPS) is 11.0. The molecule has 7 heteroatoms. The average Bonchev–Trinajstić information content (AvgIpc) is 3.21. The summed E-state index contributed by atoms with van der Waals surface area (Å²) in [6, 6.07) is 16.4. The molecule has 1 N–H and O–H groups in total. The Bertz CT molecular complexity index is 944. The van der Waals surface area contributed by atoms with E-state index in [2.05, 4.69) is 45.6 Å². The van der Waals surface area contributed by atoms with Gasteiger partial charge in [-0.2, -0.15) is 0 Å². The number of rotatable bonds is 5. The highest BCUT2D eigenvalue weighted by molar-refractivity contribution is 8.00. The standard InChI is InChI=1S/C17H14N4S3/c1-11-6-2-3-7-12(11)19-16-20-21-17(24-16)22-10-15-18-13-8-4-5-9-14(13)23-15/h2-9H,10H2,1H3,(H,19,20). The molecule has 0 atom stereocenters. The van der Waals surface area contributed by atoms with Crippen LogP contribution in [0.1, 0.15) is 10.6 Å². The number of hydrogen-bond donors (Lipinski definition) is 1. The molecule has 4 aromatic rings. The topological polar surface area (TPSA) is 50.7 Å². The minimum atomic E-state index is 0.816. The van der Waals surface area contributed by atoms with E-state index in [0.717, 1.165) is 31.4 Å². The Labute approximate surface area is 152 Å². The lowest BCUT2D eigenvalue weighted by Gasteiger charge is -2.04. The van der Waals surface area contributed by atoms with Crippen molar-refractivity contribution in [2.45, 2.75) is 17.0 Å². The summed E-state index contributed by atoms with van der Waals surface area (Å²) < 4.78 is 2.18. The third-order valence-electron chi connectivity index (χ3n) is 3.45. The summed E-state index contributed by atoms with van der Waals surface area (Å²) in [5.41, 5.74) is 3.32. The molecule has 2 aromatic carbocycles. The van der Waals surface area contributed by atoms with Crippen molar-refractivity contribution in [3.8, 4) is 0 Å². The molecular formula is C17H14N4S3. The summed E-state index contributed by atoms with van der Waals surface area (Å²) in [7, 11) is 0. The molecule has 0 aliphatic carbocycles. The number of thiazole rings is 1. The lowest BCUT2D eigenvalue weighted by atomic mass is 10.2. The third-order valence-corrected chi connectivity index (χ3v) is 6.65. The van der Waals surface area contributed by atoms with Crippen LogP contribution >= 0.6 is 34.4 Å². The number of para-hydroxylation sites is 2. The monoisotopic (exact) mass is 370 g/mol. The van der Waals surface area contributed by atoms with Gasteiger partial charge in [0.15, 0.2) is 4.34 Å². The van der Waals surface area contributed by atoms with Crippen molar-refractivity contribution in [3.05, 3.63) is 59.1 Å². The predicted octanol–water partition coefficient (Wildman–Crippen LogP) is 5.49. The molecule has 0 fully saturated rings. The SMILES string of the molecule is Cc1ccccc1Nc1nnc(SCc2nc3ccccc3s2)s1. The van der Waals surface area contributed by atoms with Gasteiger partial charge in [-0.1, -0.05) is 53.4 Å². The van der Waals surface area contributed by atoms with Crippen molar-refractivity contribution in [3.63, 3.8) is 0 Å². The zero-order valence-electron chi connectivity index (χ0n) is 12.9. The van der Waals surface area contributed by atoms with Crippen LogP contribution in [0.2, 0.25) is 0 Å². The molecule has 0 radical (unpaired) electrons. The molecule has 2 heterocycles. The average molecular weight is 371 g/mol. The fraction of sp³-hybridized carbons (Fsp3) is 0.118. The Balaban J connectivity index is 1.42. The van der Waals surface area contributed by atoms with Crippen molar-refractivity contribution in [1.82, 2.24) is 15.2 Å². The van der Waals surface area contributed by atoms with E-state index in [1.54, 1.807) is 34.4 Å². The number of nitrogens with zero attached hydrogens (tertiary/aromatic N) is 3. The van der Waals surface area contributed by atoms with Crippen LogP contribution in [0.25, 0.3) is 10.2 Å². The van der Waals surface area contributed by atoms with Crippen LogP contribution in [-0.2, 0) is 5.75 Å². The molecular weight excluding hydrogens is 356 g/mol. The molecule has 0 saturated carbocycles. The van der Waals surface area contributed by atoms with E-state index in [0.29, 0.717) is 0 Å². The Morgan fingerprint density at radius 2 is 1.83 bits per heavy atom. The number of anilines is 2. The molecule has 2 aromatic heterocycles. The van der Waals surface area contributed by atoms with Crippen molar-refractivity contribution < 1.29 is 0 Å². The highest BCUT2D eigenvalue weighted by Gasteiger charge is 2.09. The smallest absolute Gasteiger partial charge is 0.210 e. The van der Waals surface area contributed by atoms with E-state index in [-0.39, 0.29) is 0 Å². The van der Waals surface area contributed by atoms with Gasteiger partial charge in [0.05, 0.1) is 16.0 Å². The fourth-order valence-electron chi connectivity index (χ4n) is 2.25. The molecule has 0 bridgehead atoms. The van der Waals surface area contributed by atoms with E-state index in [9.17, 15) is 0 Å². The zero-order chi connectivity index (χ0) is 16.4. The summed E-state index contributed by atoms with van der Waals surface area (Å²) in [4.78, 5) is 4.65. The molecule has 0 saturated heterocycles. The van der Waals surface area contributed by atoms with Gasteiger partial charge in [0, 0.05) is 5.69 Å². The highest BCUT2D eigenvalue weighted by atomic mass is 32.2. The second-order valence-corrected chi connectivity index (χ2v) is 8.49. The predicted molar refractivity (Wildman–Crippen MR) is 104 cm³/mol. The summed E-state index contributed by atoms with van der Waals surface area (Å²) in [6.45, 7) is 2.08. The third kappa shape index (κ3) is 3.43. The number of fused-ring (bicyclic) bond motifs is 1. The van der Waals surface area contributed by atoms with Gasteiger partial charge in [-0.05, 0) is 30.7 Å². The molecule has 4 nitrogen and oxygen atoms in total. The summed E-state index contributed by atoms with van der Waals surface area (Å²) in [6.07, 6.45) is 0. The van der Waals surface area contributed by atoms with Crippen LogP contribution in [0, 0.1) is 6.92 Å². The van der Waals surface area contributed by atoms with E-state index >= 15 is 0 Å². The lowest BCUT2D eigenvalue weighted by molar-refractivity contribution is 1.01. The molecule has 0 unspecified atom stereocenters. The van der Waals surface area contributed by atoms with Gasteiger partial charge in [-0.3, -0.25) is 0 Å². The number of aryl methyl sites for hydroxylation is 1. The van der Waals surface area contributed by atoms with E-state index < -0.39 is 0 Å². The van der Waals surface area contributed by atoms with Crippen molar-refractivity contribution >= 4 is 55.5 Å². The first kappa shape index (κ1) is 15.6. The van der Waals surface area contributed by atoms with E-state index in [1.165, 1.54) is 10.3 Å². The van der Waals surface area contributed by atoms with Crippen LogP contribution in [0.3, 0.4) is 0 Å². The lowest BCUT2D eigenvalue weighted by Crippen LogP contribution is -1.91. The second-order valence-electron chi connectivity index (χ2n) is 5.18. The maximum absolute atomic E-state index is 4.65. The maximum Gasteiger partial charge on any atom is 0.210 e. The maximum atomic E-state index is 4.65. The molecule has 0 aliphatic heterocycles. The summed E-state index contributed by atoms with van der Waals surface area (Å²) in [5, 5.41) is 13.7. The fourth-order valence-corrected chi connectivity index (χ4v) is 4.98. The number of benzene rings is 2. The molecule has 24 heavy (non-hydrogen) atoms. The van der Waals surface area contributed by atoms with Gasteiger partial charge in [0.1, 0.15) is 5.01 Å². The first-order valence-corrected chi connectivity index (χ1v) is 10.0. The minimum absolute atomic E-state index is 0.816. The molecule has 4 rings (SSSR count). The van der Waals surface area contributed by atoms with Gasteiger partial charge < -0.3 is 5.32 Å². The number of hydrogen-bond acceptors (Lipinski definition) is 7. The van der Waals surface area contributed by atoms with Gasteiger partial charge in [0.25, 0.3) is 0 Å². The highest BCUT2D eigenvalue weighted by Crippen LogP contribution is 2.32. The molecule has 120 valence electrons. The van der Waals surface area contributed by atoms with Crippen LogP contribution in [0.4, 0.5) is 10.8 Å². The van der Waals surface area contributed by atoms with Crippen LogP contribution in [0.15, 0.2) is 52.9 Å². The number of aromatic nitrogens is 3. The Hall–Kier alpha value is -1.96. The van der Waals surface area contributed by atoms with Gasteiger partial charge in [-0.25, -0.2) is 4.98 Å². The first-order valence-electron chi connectivity index (χ1n) is 7.41. The molecule has 0 spiro atoms. The molecule has 0 amide bonds. The summed E-state index contributed by atoms with van der Waals surface area (Å²) >= 11 is 4.98. The van der Waals surface area contributed by atoms with Crippen molar-refractivity contribution in [2.24, 2.45) is 0 Å². The minimum Gasteiger partial charge on any atom is -0.330 e. The summed E-state index contributed by atoms with van der Waals surface area (Å²) in [5.74, 6) is 0.818. The van der Waals surface area contributed by atoms with Crippen LogP contribution in [-0.4, -0.2) is 15.2 Å². The van der Waals surface area contributed by atoms with Crippen LogP contribution in [0.5, 0.6) is 0 Å². The van der Waals surface area contributed by atoms with Gasteiger partial charge in [-0.15, -0.1) is 21.5 Å². The molecule has 0 aliphatic rings. The first-order chi connectivity index (χ1) is 11.8. The van der Waals surface area contributed by atoms with Gasteiger partial charge >= 0.3 is 0 Å².